The number of esters is 1. The second-order valence-corrected chi connectivity index (χ2v) is 8.61. The molecule has 0 aromatic carbocycles. The molecule has 1 unspecified atom stereocenters. The Morgan fingerprint density at radius 2 is 2.31 bits per heavy atom. The Bertz CT molecular complexity index is 780. The number of carboxylic acid groups (broad SMARTS) is 1. The molecule has 0 aromatic rings. The first-order valence-electron chi connectivity index (χ1n) is 10.9. The molecule has 1 fully saturated rings. The van der Waals surface area contributed by atoms with Crippen LogP contribution in [-0.2, 0) is 19.1 Å². The van der Waals surface area contributed by atoms with Crippen LogP contribution in [0.15, 0.2) is 33.2 Å². The number of carbonyl (C=O) groups is 2. The largest absolute Gasteiger partial charge is 0.481 e. The Hall–Kier alpha value is -2.17. The summed E-state index contributed by atoms with van der Waals surface area (Å²) in [5, 5.41) is 14.8. The van der Waals surface area contributed by atoms with E-state index >= 15 is 0 Å². The number of amidine groups is 1. The summed E-state index contributed by atoms with van der Waals surface area (Å²) in [4.78, 5) is 34.7. The molecule has 2 rings (SSSR count). The number of thioether (sulfide) groups is 1. The smallest absolute Gasteiger partial charge is 0.337 e. The molecule has 0 spiro atoms. The highest BCUT2D eigenvalue weighted by Gasteiger charge is 2.29. The van der Waals surface area contributed by atoms with Crippen molar-refractivity contribution in [3.63, 3.8) is 0 Å². The molecule has 0 aromatic heterocycles. The normalized spacial score (nSPS) is 20.9. The summed E-state index contributed by atoms with van der Waals surface area (Å²) in [6.07, 6.45) is 2.25. The van der Waals surface area contributed by atoms with Crippen molar-refractivity contribution >= 4 is 34.6 Å². The molecule has 0 saturated carbocycles. The lowest BCUT2D eigenvalue weighted by molar-refractivity contribution is -0.141. The number of aliphatic imine (C=N–C) groups is 2. The summed E-state index contributed by atoms with van der Waals surface area (Å²) in [6.45, 7) is 10.2. The van der Waals surface area contributed by atoms with E-state index in [-0.39, 0.29) is 24.5 Å². The lowest BCUT2D eigenvalue weighted by atomic mass is 10.00. The number of carbonyl (C=O) groups excluding carboxylic acids is 1. The van der Waals surface area contributed by atoms with Gasteiger partial charge in [-0.05, 0) is 25.2 Å². The molecule has 2 heterocycles. The van der Waals surface area contributed by atoms with E-state index in [1.807, 2.05) is 0 Å². The number of aliphatic carboxylic acids is 1. The Morgan fingerprint density at radius 1 is 1.53 bits per heavy atom. The van der Waals surface area contributed by atoms with Gasteiger partial charge in [0.25, 0.3) is 0 Å². The SMILES string of the molecule is C=CSC(=NC)C1=NCC(C(=O)OCC)=C(CN2CCOC[C@H]2CCCC(C)C(=O)O)N1. The molecule has 2 aliphatic heterocycles. The Labute approximate surface area is 194 Å². The summed E-state index contributed by atoms with van der Waals surface area (Å²) in [6, 6.07) is 0.145. The standard InChI is InChI=1S/C22H34N4O5S/c1-5-31-22(29)17-12-24-19(20(23-4)32-6-2)25-18(17)13-26-10-11-30-14-16(26)9-7-8-15(3)21(27)28/h6,15-16H,2,5,7-14H2,1,3-4H3,(H,24,25)(H,27,28)/t15?,16-/m1/s1. The average Bonchev–Trinajstić information content (AvgIpc) is 2.78. The predicted molar refractivity (Wildman–Crippen MR) is 127 cm³/mol. The maximum absolute atomic E-state index is 12.6. The van der Waals surface area contributed by atoms with E-state index in [9.17, 15) is 9.59 Å². The van der Waals surface area contributed by atoms with E-state index in [4.69, 9.17) is 14.6 Å². The highest BCUT2D eigenvalue weighted by atomic mass is 32.2. The van der Waals surface area contributed by atoms with Crippen molar-refractivity contribution in [2.24, 2.45) is 15.9 Å². The number of morpholine rings is 1. The zero-order valence-corrected chi connectivity index (χ0v) is 19.9. The van der Waals surface area contributed by atoms with Gasteiger partial charge in [-0.1, -0.05) is 31.7 Å². The number of ether oxygens (including phenoxy) is 2. The molecule has 2 aliphatic rings. The zero-order chi connectivity index (χ0) is 23.5. The third-order valence-electron chi connectivity index (χ3n) is 5.46. The van der Waals surface area contributed by atoms with Gasteiger partial charge in [0.15, 0.2) is 5.84 Å². The molecule has 178 valence electrons. The van der Waals surface area contributed by atoms with Gasteiger partial charge in [0, 0.05) is 31.9 Å². The molecule has 32 heavy (non-hydrogen) atoms. The van der Waals surface area contributed by atoms with Crippen LogP contribution in [0.2, 0.25) is 0 Å². The molecule has 0 amide bonds. The average molecular weight is 467 g/mol. The first kappa shape index (κ1) is 26.1. The molecular formula is C22H34N4O5S. The van der Waals surface area contributed by atoms with E-state index in [0.29, 0.717) is 49.2 Å². The Balaban J connectivity index is 2.15. The van der Waals surface area contributed by atoms with E-state index in [0.717, 1.165) is 25.1 Å². The van der Waals surface area contributed by atoms with Crippen LogP contribution >= 0.6 is 11.8 Å². The molecule has 1 saturated heterocycles. The van der Waals surface area contributed by atoms with Crippen LogP contribution in [0.3, 0.4) is 0 Å². The van der Waals surface area contributed by atoms with Gasteiger partial charge < -0.3 is 19.9 Å². The van der Waals surface area contributed by atoms with E-state index in [1.165, 1.54) is 11.8 Å². The van der Waals surface area contributed by atoms with Crippen LogP contribution in [0.4, 0.5) is 0 Å². The molecule has 2 N–H and O–H groups in total. The fourth-order valence-corrected chi connectivity index (χ4v) is 4.11. The van der Waals surface area contributed by atoms with Crippen LogP contribution in [0, 0.1) is 5.92 Å². The predicted octanol–water partition coefficient (Wildman–Crippen LogP) is 2.30. The Morgan fingerprint density at radius 3 is 2.97 bits per heavy atom. The third-order valence-corrected chi connectivity index (χ3v) is 6.22. The van der Waals surface area contributed by atoms with Crippen LogP contribution in [-0.4, -0.2) is 85.4 Å². The number of hydrogen-bond acceptors (Lipinski definition) is 9. The second kappa shape index (κ2) is 13.4. The quantitative estimate of drug-likeness (QED) is 0.271. The van der Waals surface area contributed by atoms with Crippen molar-refractivity contribution < 1.29 is 24.2 Å². The summed E-state index contributed by atoms with van der Waals surface area (Å²) < 4.78 is 10.9. The van der Waals surface area contributed by atoms with Crippen molar-refractivity contribution in [1.82, 2.24) is 10.2 Å². The first-order chi connectivity index (χ1) is 15.4. The minimum absolute atomic E-state index is 0.145. The fourth-order valence-electron chi connectivity index (χ4n) is 3.62. The molecule has 0 radical (unpaired) electrons. The minimum atomic E-state index is -0.769. The van der Waals surface area contributed by atoms with Gasteiger partial charge in [-0.25, -0.2) is 4.79 Å². The van der Waals surface area contributed by atoms with Gasteiger partial charge in [-0.2, -0.15) is 0 Å². The lowest BCUT2D eigenvalue weighted by Gasteiger charge is -2.37. The van der Waals surface area contributed by atoms with Gasteiger partial charge in [0.2, 0.25) is 0 Å². The second-order valence-electron chi connectivity index (χ2n) is 7.65. The molecule has 0 bridgehead atoms. The van der Waals surface area contributed by atoms with Crippen LogP contribution < -0.4 is 5.32 Å². The Kier molecular flexibility index (Phi) is 10.9. The van der Waals surface area contributed by atoms with Crippen molar-refractivity contribution in [2.75, 3.05) is 46.5 Å². The molecule has 9 nitrogen and oxygen atoms in total. The summed E-state index contributed by atoms with van der Waals surface area (Å²) in [5.74, 6) is -0.890. The van der Waals surface area contributed by atoms with Crippen molar-refractivity contribution in [2.45, 2.75) is 39.2 Å². The van der Waals surface area contributed by atoms with Gasteiger partial charge in [-0.15, -0.1) is 0 Å². The number of nitrogens with zero attached hydrogens (tertiary/aromatic N) is 3. The van der Waals surface area contributed by atoms with Crippen LogP contribution in [0.1, 0.15) is 33.1 Å². The van der Waals surface area contributed by atoms with Crippen LogP contribution in [0.5, 0.6) is 0 Å². The van der Waals surface area contributed by atoms with E-state index in [2.05, 4.69) is 26.8 Å². The minimum Gasteiger partial charge on any atom is -0.481 e. The monoisotopic (exact) mass is 466 g/mol. The van der Waals surface area contributed by atoms with Gasteiger partial charge >= 0.3 is 11.9 Å². The topological polar surface area (TPSA) is 113 Å². The maximum Gasteiger partial charge on any atom is 0.337 e. The fraction of sp³-hybridized carbons (Fsp3) is 0.636. The summed E-state index contributed by atoms with van der Waals surface area (Å²) >= 11 is 1.37. The summed E-state index contributed by atoms with van der Waals surface area (Å²) in [7, 11) is 1.69. The molecule has 10 heteroatoms. The zero-order valence-electron chi connectivity index (χ0n) is 19.1. The highest BCUT2D eigenvalue weighted by Crippen LogP contribution is 2.21. The number of carboxylic acids is 1. The summed E-state index contributed by atoms with van der Waals surface area (Å²) in [5.41, 5.74) is 1.27. The van der Waals surface area contributed by atoms with Crippen molar-refractivity contribution in [3.05, 3.63) is 23.3 Å². The van der Waals surface area contributed by atoms with E-state index in [1.54, 1.807) is 26.3 Å². The van der Waals surface area contributed by atoms with Gasteiger partial charge in [0.1, 0.15) is 5.04 Å². The van der Waals surface area contributed by atoms with Crippen molar-refractivity contribution in [3.8, 4) is 0 Å². The lowest BCUT2D eigenvalue weighted by Crippen LogP contribution is -2.49. The van der Waals surface area contributed by atoms with Gasteiger partial charge in [-0.3, -0.25) is 19.7 Å². The highest BCUT2D eigenvalue weighted by molar-refractivity contribution is 8.18. The maximum atomic E-state index is 12.6. The number of nitrogens with one attached hydrogen (secondary N) is 1. The molecular weight excluding hydrogens is 432 g/mol. The van der Waals surface area contributed by atoms with Crippen molar-refractivity contribution in [1.29, 1.82) is 0 Å². The van der Waals surface area contributed by atoms with Gasteiger partial charge in [0.05, 0.1) is 37.9 Å². The first-order valence-corrected chi connectivity index (χ1v) is 11.8. The van der Waals surface area contributed by atoms with Crippen LogP contribution in [0.25, 0.3) is 0 Å². The van der Waals surface area contributed by atoms with E-state index < -0.39 is 5.97 Å². The third kappa shape index (κ3) is 7.46. The number of hydrogen-bond donors (Lipinski definition) is 2. The molecule has 2 atom stereocenters. The number of rotatable bonds is 11. The molecule has 0 aliphatic carbocycles.